The Morgan fingerprint density at radius 2 is 2.10 bits per heavy atom. The van der Waals surface area contributed by atoms with Gasteiger partial charge in [-0.15, -0.1) is 10.2 Å². The topological polar surface area (TPSA) is 115 Å². The quantitative estimate of drug-likeness (QED) is 0.883. The molecule has 0 bridgehead atoms. The zero-order valence-electron chi connectivity index (χ0n) is 11.1. The molecule has 21 heavy (non-hydrogen) atoms. The molecule has 112 valence electrons. The molecular formula is C11H11ClN4O4S. The predicted molar refractivity (Wildman–Crippen MR) is 72.8 cm³/mol. The molecule has 1 aromatic heterocycles. The molecule has 2 rings (SSSR count). The molecule has 0 atom stereocenters. The lowest BCUT2D eigenvalue weighted by Gasteiger charge is -2.09. The van der Waals surface area contributed by atoms with Gasteiger partial charge in [-0.25, -0.2) is 13.2 Å². The van der Waals surface area contributed by atoms with E-state index in [1.807, 2.05) is 0 Å². The SMILES string of the molecule is Cc1c(C(=O)O)cc(Cl)cc1S(=O)(=O)Cc1nnn(C)n1. The number of aromatic nitrogens is 4. The van der Waals surface area contributed by atoms with Crippen LogP contribution in [0.25, 0.3) is 0 Å². The molecule has 0 spiro atoms. The van der Waals surface area contributed by atoms with Crippen LogP contribution in [0.15, 0.2) is 17.0 Å². The van der Waals surface area contributed by atoms with E-state index < -0.39 is 21.6 Å². The number of carboxylic acids is 1. The lowest BCUT2D eigenvalue weighted by atomic mass is 10.1. The summed E-state index contributed by atoms with van der Waals surface area (Å²) in [5.74, 6) is -1.71. The van der Waals surface area contributed by atoms with Gasteiger partial charge in [0.05, 0.1) is 17.5 Å². The zero-order chi connectivity index (χ0) is 15.8. The van der Waals surface area contributed by atoms with Crippen LogP contribution in [0.3, 0.4) is 0 Å². The van der Waals surface area contributed by atoms with E-state index in [0.29, 0.717) is 0 Å². The number of rotatable bonds is 4. The number of aryl methyl sites for hydroxylation is 1. The number of sulfone groups is 1. The molecule has 2 aromatic rings. The molecular weight excluding hydrogens is 320 g/mol. The van der Waals surface area contributed by atoms with Gasteiger partial charge in [0.25, 0.3) is 0 Å². The number of tetrazole rings is 1. The van der Waals surface area contributed by atoms with Crippen molar-refractivity contribution in [2.24, 2.45) is 7.05 Å². The second kappa shape index (κ2) is 5.41. The molecule has 1 aromatic carbocycles. The summed E-state index contributed by atoms with van der Waals surface area (Å²) < 4.78 is 24.8. The Bertz CT molecular complexity index is 816. The van der Waals surface area contributed by atoms with Crippen molar-refractivity contribution in [1.82, 2.24) is 20.2 Å². The van der Waals surface area contributed by atoms with Gasteiger partial charge in [-0.05, 0) is 29.8 Å². The summed E-state index contributed by atoms with van der Waals surface area (Å²) >= 11 is 5.80. The minimum absolute atomic E-state index is 0.0220. The van der Waals surface area contributed by atoms with Crippen LogP contribution in [0.4, 0.5) is 0 Å². The summed E-state index contributed by atoms with van der Waals surface area (Å²) in [6.45, 7) is 1.41. The summed E-state index contributed by atoms with van der Waals surface area (Å²) in [4.78, 5) is 12.1. The van der Waals surface area contributed by atoms with Crippen LogP contribution in [0.1, 0.15) is 21.7 Å². The normalized spacial score (nSPS) is 11.6. The molecule has 1 heterocycles. The van der Waals surface area contributed by atoms with Crippen molar-refractivity contribution >= 4 is 27.4 Å². The predicted octanol–water partition coefficient (Wildman–Crippen LogP) is 0.844. The second-order valence-corrected chi connectivity index (χ2v) is 6.73. The molecule has 0 aliphatic rings. The molecule has 1 N–H and O–H groups in total. The molecule has 0 amide bonds. The number of benzene rings is 1. The van der Waals surface area contributed by atoms with Crippen LogP contribution in [-0.4, -0.2) is 39.7 Å². The van der Waals surface area contributed by atoms with Crippen LogP contribution in [0.2, 0.25) is 5.02 Å². The molecule has 0 radical (unpaired) electrons. The average molecular weight is 331 g/mol. The van der Waals surface area contributed by atoms with Crippen molar-refractivity contribution < 1.29 is 18.3 Å². The number of hydrogen-bond acceptors (Lipinski definition) is 6. The third kappa shape index (κ3) is 3.19. The largest absolute Gasteiger partial charge is 0.478 e. The molecule has 10 heteroatoms. The van der Waals surface area contributed by atoms with Crippen molar-refractivity contribution in [2.45, 2.75) is 17.6 Å². The fourth-order valence-corrected chi connectivity index (χ4v) is 3.60. The maximum atomic E-state index is 12.4. The second-order valence-electron chi connectivity index (χ2n) is 4.34. The molecule has 8 nitrogen and oxygen atoms in total. The number of hydrogen-bond donors (Lipinski definition) is 1. The Balaban J connectivity index is 2.52. The number of aromatic carboxylic acids is 1. The summed E-state index contributed by atoms with van der Waals surface area (Å²) in [7, 11) is -2.33. The summed E-state index contributed by atoms with van der Waals surface area (Å²) in [6, 6.07) is 2.42. The first-order valence-electron chi connectivity index (χ1n) is 5.70. The van der Waals surface area contributed by atoms with E-state index in [9.17, 15) is 13.2 Å². The van der Waals surface area contributed by atoms with Gasteiger partial charge in [0, 0.05) is 5.02 Å². The Labute approximate surface area is 125 Å². The van der Waals surface area contributed by atoms with Crippen molar-refractivity contribution in [1.29, 1.82) is 0 Å². The maximum absolute atomic E-state index is 12.4. The van der Waals surface area contributed by atoms with Gasteiger partial charge in [-0.2, -0.15) is 4.80 Å². The lowest BCUT2D eigenvalue weighted by Crippen LogP contribution is -2.11. The maximum Gasteiger partial charge on any atom is 0.336 e. The molecule has 0 fully saturated rings. The van der Waals surface area contributed by atoms with Crippen molar-refractivity contribution in [3.63, 3.8) is 0 Å². The van der Waals surface area contributed by atoms with Crippen molar-refractivity contribution in [2.75, 3.05) is 0 Å². The summed E-state index contributed by atoms with van der Waals surface area (Å²) in [5.41, 5.74) is -0.0380. The minimum Gasteiger partial charge on any atom is -0.478 e. The molecule has 0 saturated carbocycles. The smallest absolute Gasteiger partial charge is 0.336 e. The summed E-state index contributed by atoms with van der Waals surface area (Å²) in [6.07, 6.45) is 0. The van der Waals surface area contributed by atoms with E-state index in [4.69, 9.17) is 16.7 Å². The van der Waals surface area contributed by atoms with E-state index in [-0.39, 0.29) is 26.9 Å². The molecule has 0 aliphatic carbocycles. The fraction of sp³-hybridized carbons (Fsp3) is 0.273. The van der Waals surface area contributed by atoms with Gasteiger partial charge in [-0.1, -0.05) is 11.6 Å². The van der Waals surface area contributed by atoms with Gasteiger partial charge >= 0.3 is 5.97 Å². The van der Waals surface area contributed by atoms with E-state index in [1.54, 1.807) is 0 Å². The van der Waals surface area contributed by atoms with E-state index >= 15 is 0 Å². The first-order chi connectivity index (χ1) is 9.70. The van der Waals surface area contributed by atoms with E-state index in [1.165, 1.54) is 26.1 Å². The number of carboxylic acid groups (broad SMARTS) is 1. The summed E-state index contributed by atoms with van der Waals surface area (Å²) in [5, 5.41) is 20.1. The van der Waals surface area contributed by atoms with E-state index in [2.05, 4.69) is 15.4 Å². The standard InChI is InChI=1S/C11H11ClN4O4S/c1-6-8(11(17)18)3-7(12)4-9(6)21(19,20)5-10-13-15-16(2)14-10/h3-4H,5H2,1-2H3,(H,17,18). The number of halogens is 1. The van der Waals surface area contributed by atoms with Gasteiger partial charge in [-0.3, -0.25) is 0 Å². The van der Waals surface area contributed by atoms with Crippen LogP contribution < -0.4 is 0 Å². The van der Waals surface area contributed by atoms with Crippen LogP contribution >= 0.6 is 11.6 Å². The first-order valence-corrected chi connectivity index (χ1v) is 7.73. The van der Waals surface area contributed by atoms with Gasteiger partial charge in [0.15, 0.2) is 15.7 Å². The third-order valence-corrected chi connectivity index (χ3v) is 4.71. The van der Waals surface area contributed by atoms with Gasteiger partial charge < -0.3 is 5.11 Å². The van der Waals surface area contributed by atoms with Crippen molar-refractivity contribution in [3.8, 4) is 0 Å². The lowest BCUT2D eigenvalue weighted by molar-refractivity contribution is 0.0696. The minimum atomic E-state index is -3.84. The molecule has 0 saturated heterocycles. The average Bonchev–Trinajstić information content (AvgIpc) is 2.76. The molecule has 0 unspecified atom stereocenters. The Morgan fingerprint density at radius 1 is 1.43 bits per heavy atom. The van der Waals surface area contributed by atoms with Gasteiger partial charge in [0.1, 0.15) is 5.75 Å². The molecule has 0 aliphatic heterocycles. The van der Waals surface area contributed by atoms with Crippen LogP contribution in [-0.2, 0) is 22.6 Å². The Kier molecular flexibility index (Phi) is 3.97. The highest BCUT2D eigenvalue weighted by Gasteiger charge is 2.24. The fourth-order valence-electron chi connectivity index (χ4n) is 1.83. The highest BCUT2D eigenvalue weighted by atomic mass is 35.5. The Hall–Kier alpha value is -2.00. The first kappa shape index (κ1) is 15.4. The van der Waals surface area contributed by atoms with Gasteiger partial charge in [0.2, 0.25) is 0 Å². The number of nitrogens with zero attached hydrogens (tertiary/aromatic N) is 4. The van der Waals surface area contributed by atoms with Crippen LogP contribution in [0.5, 0.6) is 0 Å². The highest BCUT2D eigenvalue weighted by molar-refractivity contribution is 7.90. The van der Waals surface area contributed by atoms with Crippen molar-refractivity contribution in [3.05, 3.63) is 34.1 Å². The van der Waals surface area contributed by atoms with E-state index in [0.717, 1.165) is 4.80 Å². The Morgan fingerprint density at radius 3 is 2.62 bits per heavy atom. The highest BCUT2D eigenvalue weighted by Crippen LogP contribution is 2.26. The number of carbonyl (C=O) groups is 1. The third-order valence-electron chi connectivity index (χ3n) is 2.76. The van der Waals surface area contributed by atoms with Crippen LogP contribution in [0, 0.1) is 6.92 Å². The zero-order valence-corrected chi connectivity index (χ0v) is 12.7. The monoisotopic (exact) mass is 330 g/mol.